The third kappa shape index (κ3) is 7.38. The highest BCUT2D eigenvalue weighted by Crippen LogP contribution is 2.49. The molecule has 2 amide bonds. The summed E-state index contributed by atoms with van der Waals surface area (Å²) < 4.78 is 32.2. The first kappa shape index (κ1) is 32.1. The van der Waals surface area contributed by atoms with Crippen LogP contribution in [-0.2, 0) is 14.3 Å². The van der Waals surface area contributed by atoms with Gasteiger partial charge in [0.1, 0.15) is 11.4 Å². The van der Waals surface area contributed by atoms with E-state index in [1.54, 1.807) is 0 Å². The molecule has 8 nitrogen and oxygen atoms in total. The molecule has 3 aliphatic rings. The predicted octanol–water partition coefficient (Wildman–Crippen LogP) is 5.81. The normalized spacial score (nSPS) is 29.1. The number of carbonyl (C=O) groups is 3. The molecule has 9 heteroatoms. The van der Waals surface area contributed by atoms with Gasteiger partial charge in [-0.05, 0) is 96.0 Å². The van der Waals surface area contributed by atoms with E-state index in [1.165, 1.54) is 19.2 Å². The number of hydrogen-bond acceptors (Lipinski definition) is 6. The molecular weight excluding hydrogens is 539 g/mol. The molecule has 0 aliphatic heterocycles. The van der Waals surface area contributed by atoms with Crippen molar-refractivity contribution in [1.82, 2.24) is 10.6 Å². The summed E-state index contributed by atoms with van der Waals surface area (Å²) >= 11 is 0. The monoisotopic (exact) mass is 588 g/mol. The van der Waals surface area contributed by atoms with Crippen LogP contribution in [0.2, 0.25) is 0 Å². The molecule has 3 fully saturated rings. The van der Waals surface area contributed by atoms with Crippen LogP contribution in [0, 0.1) is 34.4 Å². The van der Waals surface area contributed by atoms with Gasteiger partial charge in [-0.2, -0.15) is 0 Å². The van der Waals surface area contributed by atoms with E-state index in [0.29, 0.717) is 32.2 Å². The molecule has 0 heterocycles. The van der Waals surface area contributed by atoms with Crippen LogP contribution in [0.5, 0.6) is 11.5 Å². The highest BCUT2D eigenvalue weighted by Gasteiger charge is 2.51. The van der Waals surface area contributed by atoms with Crippen molar-refractivity contribution >= 4 is 17.8 Å². The first-order valence-corrected chi connectivity index (χ1v) is 15.4. The van der Waals surface area contributed by atoms with Gasteiger partial charge < -0.3 is 24.8 Å². The highest BCUT2D eigenvalue weighted by atomic mass is 19.1. The van der Waals surface area contributed by atoms with Gasteiger partial charge in [0.25, 0.3) is 5.91 Å². The summed E-state index contributed by atoms with van der Waals surface area (Å²) in [7, 11) is 1.39. The van der Waals surface area contributed by atoms with Crippen LogP contribution in [0.1, 0.15) is 104 Å². The Morgan fingerprint density at radius 3 is 2.21 bits per heavy atom. The Morgan fingerprint density at radius 1 is 0.976 bits per heavy atom. The number of halogens is 1. The number of hydrogen-bond donors (Lipinski definition) is 2. The summed E-state index contributed by atoms with van der Waals surface area (Å²) in [6.45, 7) is 14.2. The van der Waals surface area contributed by atoms with E-state index in [4.69, 9.17) is 14.2 Å². The fourth-order valence-corrected chi connectivity index (χ4v) is 6.68. The van der Waals surface area contributed by atoms with Crippen LogP contribution >= 0.6 is 0 Å². The number of rotatable bonds is 8. The number of methoxy groups -OCH3 is 1. The third-order valence-electron chi connectivity index (χ3n) is 9.03. The van der Waals surface area contributed by atoms with Crippen molar-refractivity contribution in [2.75, 3.05) is 13.7 Å². The third-order valence-corrected chi connectivity index (χ3v) is 9.03. The SMILES string of the molecule is COc1cc(F)c(O[C@H]2CC[C@@](C)(C(=O)OC(C)(C)C)CC2)cc1C(=O)N[C@@H]1[C@H]2CC[C@H](C2)[C@@H]1C(=O)NCC(C)(C)C. The molecule has 0 unspecified atom stereocenters. The summed E-state index contributed by atoms with van der Waals surface area (Å²) in [4.78, 5) is 39.6. The van der Waals surface area contributed by atoms with Crippen molar-refractivity contribution in [3.63, 3.8) is 0 Å². The highest BCUT2D eigenvalue weighted by molar-refractivity contribution is 5.98. The summed E-state index contributed by atoms with van der Waals surface area (Å²) in [6, 6.07) is 2.28. The molecule has 0 spiro atoms. The Morgan fingerprint density at radius 2 is 1.62 bits per heavy atom. The molecule has 42 heavy (non-hydrogen) atoms. The number of fused-ring (bicyclic) bond motifs is 2. The number of carbonyl (C=O) groups excluding carboxylic acids is 3. The molecule has 0 radical (unpaired) electrons. The van der Waals surface area contributed by atoms with Gasteiger partial charge in [-0.1, -0.05) is 20.8 Å². The quantitative estimate of drug-likeness (QED) is 0.372. The van der Waals surface area contributed by atoms with Crippen molar-refractivity contribution in [2.45, 2.75) is 111 Å². The summed E-state index contributed by atoms with van der Waals surface area (Å²) in [5, 5.41) is 6.20. The lowest BCUT2D eigenvalue weighted by atomic mass is 9.74. The second-order valence-corrected chi connectivity index (χ2v) is 15.0. The van der Waals surface area contributed by atoms with E-state index in [0.717, 1.165) is 19.3 Å². The van der Waals surface area contributed by atoms with Crippen molar-refractivity contribution in [3.05, 3.63) is 23.5 Å². The van der Waals surface area contributed by atoms with E-state index >= 15 is 4.39 Å². The average molecular weight is 589 g/mol. The molecule has 1 aromatic rings. The zero-order chi connectivity index (χ0) is 31.0. The smallest absolute Gasteiger partial charge is 0.312 e. The Labute approximate surface area is 249 Å². The second-order valence-electron chi connectivity index (χ2n) is 15.0. The molecule has 4 atom stereocenters. The van der Waals surface area contributed by atoms with E-state index in [-0.39, 0.29) is 64.3 Å². The minimum atomic E-state index is -0.622. The maximum absolute atomic E-state index is 15.1. The van der Waals surface area contributed by atoms with Gasteiger partial charge in [-0.25, -0.2) is 4.39 Å². The average Bonchev–Trinajstić information content (AvgIpc) is 3.50. The van der Waals surface area contributed by atoms with Crippen molar-refractivity contribution in [2.24, 2.45) is 28.6 Å². The van der Waals surface area contributed by atoms with E-state index < -0.39 is 22.7 Å². The van der Waals surface area contributed by atoms with Gasteiger partial charge in [0.2, 0.25) is 5.91 Å². The minimum absolute atomic E-state index is 0.0202. The van der Waals surface area contributed by atoms with Crippen LogP contribution in [0.25, 0.3) is 0 Å². The summed E-state index contributed by atoms with van der Waals surface area (Å²) in [5.41, 5.74) is -1.06. The van der Waals surface area contributed by atoms with Gasteiger partial charge in [-0.15, -0.1) is 0 Å². The minimum Gasteiger partial charge on any atom is -0.496 e. The molecule has 2 bridgehead atoms. The lowest BCUT2D eigenvalue weighted by Crippen LogP contribution is -2.50. The molecule has 0 aromatic heterocycles. The van der Waals surface area contributed by atoms with Crippen LogP contribution in [-0.4, -0.2) is 49.2 Å². The first-order chi connectivity index (χ1) is 19.5. The first-order valence-electron chi connectivity index (χ1n) is 15.4. The van der Waals surface area contributed by atoms with Crippen molar-refractivity contribution in [1.29, 1.82) is 0 Å². The Balaban J connectivity index is 1.45. The van der Waals surface area contributed by atoms with E-state index in [1.807, 2.05) is 27.7 Å². The fourth-order valence-electron chi connectivity index (χ4n) is 6.68. The van der Waals surface area contributed by atoms with Crippen LogP contribution in [0.15, 0.2) is 12.1 Å². The van der Waals surface area contributed by atoms with Gasteiger partial charge >= 0.3 is 5.97 Å². The number of nitrogens with one attached hydrogen (secondary N) is 2. The maximum Gasteiger partial charge on any atom is 0.312 e. The lowest BCUT2D eigenvalue weighted by Gasteiger charge is -2.37. The largest absolute Gasteiger partial charge is 0.496 e. The van der Waals surface area contributed by atoms with Crippen LogP contribution < -0.4 is 20.1 Å². The predicted molar refractivity (Wildman–Crippen MR) is 158 cm³/mol. The topological polar surface area (TPSA) is 103 Å². The molecule has 1 aromatic carbocycles. The number of benzene rings is 1. The molecular formula is C33H49FN2O6. The van der Waals surface area contributed by atoms with Crippen molar-refractivity contribution in [3.8, 4) is 11.5 Å². The van der Waals surface area contributed by atoms with Gasteiger partial charge in [0.15, 0.2) is 11.6 Å². The lowest BCUT2D eigenvalue weighted by molar-refractivity contribution is -0.169. The molecule has 0 saturated heterocycles. The van der Waals surface area contributed by atoms with Gasteiger partial charge in [0, 0.05) is 18.7 Å². The Kier molecular flexibility index (Phi) is 9.20. The van der Waals surface area contributed by atoms with Crippen molar-refractivity contribution < 1.29 is 33.0 Å². The van der Waals surface area contributed by atoms with E-state index in [2.05, 4.69) is 31.4 Å². The maximum atomic E-state index is 15.1. The zero-order valence-electron chi connectivity index (χ0n) is 26.5. The number of ether oxygens (including phenoxy) is 3. The summed E-state index contributed by atoms with van der Waals surface area (Å²) in [5.74, 6) is -1.03. The fraction of sp³-hybridized carbons (Fsp3) is 0.727. The number of amides is 2. The van der Waals surface area contributed by atoms with Crippen LogP contribution in [0.3, 0.4) is 0 Å². The van der Waals surface area contributed by atoms with Crippen LogP contribution in [0.4, 0.5) is 4.39 Å². The van der Waals surface area contributed by atoms with Gasteiger partial charge in [-0.3, -0.25) is 14.4 Å². The molecule has 3 saturated carbocycles. The zero-order valence-corrected chi connectivity index (χ0v) is 26.5. The Bertz CT molecular complexity index is 1180. The van der Waals surface area contributed by atoms with Gasteiger partial charge in [0.05, 0.1) is 30.1 Å². The molecule has 3 aliphatic carbocycles. The molecule has 2 N–H and O–H groups in total. The second kappa shape index (κ2) is 12.0. The number of esters is 1. The standard InChI is InChI=1S/C33H49FN2O6/c1-31(2,3)18-35-29(38)26-19-9-10-20(15-19)27(26)36-28(37)22-16-25(23(34)17-24(22)40-8)41-21-11-13-33(7,14-12-21)30(39)42-32(4,5)6/h16-17,19-21,26-27H,9-15,18H2,1-8H3,(H,35,38)(H,36,37)/t19-,20+,21-,26+,27-,33+/m1/s1. The Hall–Kier alpha value is -2.84. The van der Waals surface area contributed by atoms with E-state index in [9.17, 15) is 14.4 Å². The molecule has 234 valence electrons. The molecule has 4 rings (SSSR count). The summed E-state index contributed by atoms with van der Waals surface area (Å²) in [6.07, 6.45) is 4.78.